The maximum absolute atomic E-state index is 12.1. The third-order valence-corrected chi connectivity index (χ3v) is 4.75. The van der Waals surface area contributed by atoms with Crippen LogP contribution in [0, 0.1) is 0 Å². The standard InChI is InChI=1S/C13H17N3O3S2/c1-16-12(18)11-9(4-7-20-11)15-13(16)21-8-10(17)14-5-3-6-19-2/h4,7H,3,5-6,8H2,1-2H3,(H,14,17). The fraction of sp³-hybridized carbons (Fsp3) is 0.462. The van der Waals surface area contributed by atoms with Gasteiger partial charge in [0.1, 0.15) is 4.70 Å². The largest absolute Gasteiger partial charge is 0.385 e. The monoisotopic (exact) mass is 327 g/mol. The molecule has 0 aliphatic rings. The molecule has 0 atom stereocenters. The van der Waals surface area contributed by atoms with Crippen molar-refractivity contribution in [1.82, 2.24) is 14.9 Å². The van der Waals surface area contributed by atoms with Crippen molar-refractivity contribution >= 4 is 39.2 Å². The zero-order valence-electron chi connectivity index (χ0n) is 11.9. The number of hydrogen-bond donors (Lipinski definition) is 1. The average Bonchev–Trinajstić information content (AvgIpc) is 2.94. The summed E-state index contributed by atoms with van der Waals surface area (Å²) in [6.45, 7) is 1.21. The summed E-state index contributed by atoms with van der Waals surface area (Å²) in [4.78, 5) is 28.2. The quantitative estimate of drug-likeness (QED) is 0.470. The molecule has 0 spiro atoms. The van der Waals surface area contributed by atoms with E-state index in [-0.39, 0.29) is 17.2 Å². The first-order valence-corrected chi connectivity index (χ1v) is 8.32. The number of methoxy groups -OCH3 is 1. The van der Waals surface area contributed by atoms with E-state index in [1.54, 1.807) is 14.2 Å². The minimum atomic E-state index is -0.0734. The summed E-state index contributed by atoms with van der Waals surface area (Å²) in [5.41, 5.74) is 0.615. The Labute approximate surface area is 130 Å². The van der Waals surface area contributed by atoms with E-state index in [9.17, 15) is 9.59 Å². The van der Waals surface area contributed by atoms with Crippen LogP contribution in [0.1, 0.15) is 6.42 Å². The van der Waals surface area contributed by atoms with Gasteiger partial charge in [-0.1, -0.05) is 11.8 Å². The van der Waals surface area contributed by atoms with Gasteiger partial charge in [-0.25, -0.2) is 4.98 Å². The van der Waals surface area contributed by atoms with Crippen molar-refractivity contribution in [3.8, 4) is 0 Å². The lowest BCUT2D eigenvalue weighted by molar-refractivity contribution is -0.118. The summed E-state index contributed by atoms with van der Waals surface area (Å²) >= 11 is 2.65. The molecule has 0 aromatic carbocycles. The number of nitrogens with one attached hydrogen (secondary N) is 1. The number of rotatable bonds is 7. The maximum atomic E-state index is 12.1. The van der Waals surface area contributed by atoms with Gasteiger partial charge in [-0.2, -0.15) is 0 Å². The van der Waals surface area contributed by atoms with Gasteiger partial charge in [0.15, 0.2) is 5.16 Å². The second-order valence-corrected chi connectivity index (χ2v) is 6.24. The molecule has 0 aliphatic heterocycles. The van der Waals surface area contributed by atoms with Crippen LogP contribution in [-0.2, 0) is 16.6 Å². The molecule has 2 aromatic rings. The summed E-state index contributed by atoms with van der Waals surface area (Å²) in [7, 11) is 3.30. The molecule has 0 radical (unpaired) electrons. The Morgan fingerprint density at radius 2 is 2.38 bits per heavy atom. The fourth-order valence-corrected chi connectivity index (χ4v) is 3.33. The number of ether oxygens (including phenoxy) is 1. The van der Waals surface area contributed by atoms with Crippen LogP contribution in [0.4, 0.5) is 0 Å². The van der Waals surface area contributed by atoms with Crippen LogP contribution in [0.3, 0.4) is 0 Å². The minimum Gasteiger partial charge on any atom is -0.385 e. The van der Waals surface area contributed by atoms with Crippen LogP contribution >= 0.6 is 23.1 Å². The molecular weight excluding hydrogens is 310 g/mol. The van der Waals surface area contributed by atoms with Crippen molar-refractivity contribution in [1.29, 1.82) is 0 Å². The second kappa shape index (κ2) is 7.58. The molecule has 6 nitrogen and oxygen atoms in total. The average molecular weight is 327 g/mol. The van der Waals surface area contributed by atoms with E-state index in [1.807, 2.05) is 11.4 Å². The van der Waals surface area contributed by atoms with Crippen molar-refractivity contribution < 1.29 is 9.53 Å². The zero-order valence-corrected chi connectivity index (χ0v) is 13.6. The lowest BCUT2D eigenvalue weighted by Crippen LogP contribution is -2.27. The summed E-state index contributed by atoms with van der Waals surface area (Å²) < 4.78 is 7.04. The number of fused-ring (bicyclic) bond motifs is 1. The maximum Gasteiger partial charge on any atom is 0.271 e. The van der Waals surface area contributed by atoms with Crippen LogP contribution in [-0.4, -0.2) is 41.5 Å². The van der Waals surface area contributed by atoms with Crippen LogP contribution in [0.5, 0.6) is 0 Å². The lowest BCUT2D eigenvalue weighted by atomic mass is 10.4. The SMILES string of the molecule is COCCCNC(=O)CSc1nc2ccsc2c(=O)n1C. The number of carbonyl (C=O) groups is 1. The summed E-state index contributed by atoms with van der Waals surface area (Å²) in [5.74, 6) is 0.166. The summed E-state index contributed by atoms with van der Waals surface area (Å²) in [6.07, 6.45) is 0.782. The molecule has 0 bridgehead atoms. The highest BCUT2D eigenvalue weighted by molar-refractivity contribution is 7.99. The van der Waals surface area contributed by atoms with Crippen LogP contribution in [0.2, 0.25) is 0 Å². The number of thioether (sulfide) groups is 1. The first kappa shape index (κ1) is 16.0. The van der Waals surface area contributed by atoms with Crippen LogP contribution in [0.15, 0.2) is 21.4 Å². The van der Waals surface area contributed by atoms with Gasteiger partial charge in [-0.05, 0) is 17.9 Å². The van der Waals surface area contributed by atoms with Gasteiger partial charge < -0.3 is 10.1 Å². The van der Waals surface area contributed by atoms with Crippen LogP contribution < -0.4 is 10.9 Å². The minimum absolute atomic E-state index is 0.0713. The Morgan fingerprint density at radius 1 is 1.57 bits per heavy atom. The molecule has 0 saturated carbocycles. The Bertz CT molecular complexity index is 681. The van der Waals surface area contributed by atoms with E-state index in [4.69, 9.17) is 4.74 Å². The topological polar surface area (TPSA) is 73.2 Å². The molecule has 0 saturated heterocycles. The van der Waals surface area contributed by atoms with Gasteiger partial charge in [0.25, 0.3) is 5.56 Å². The zero-order chi connectivity index (χ0) is 15.2. The van der Waals surface area contributed by atoms with E-state index in [1.165, 1.54) is 27.7 Å². The number of thiophene rings is 1. The van der Waals surface area contributed by atoms with E-state index in [2.05, 4.69) is 10.3 Å². The number of aromatic nitrogens is 2. The van der Waals surface area contributed by atoms with E-state index in [0.29, 0.717) is 28.5 Å². The van der Waals surface area contributed by atoms with E-state index < -0.39 is 0 Å². The van der Waals surface area contributed by atoms with Gasteiger partial charge in [0.05, 0.1) is 11.3 Å². The molecule has 114 valence electrons. The Hall–Kier alpha value is -1.38. The molecular formula is C13H17N3O3S2. The molecule has 0 unspecified atom stereocenters. The number of carbonyl (C=O) groups excluding carboxylic acids is 1. The first-order chi connectivity index (χ1) is 10.1. The molecule has 21 heavy (non-hydrogen) atoms. The van der Waals surface area contributed by atoms with E-state index in [0.717, 1.165) is 6.42 Å². The smallest absolute Gasteiger partial charge is 0.271 e. The molecule has 8 heteroatoms. The predicted octanol–water partition coefficient (Wildman–Crippen LogP) is 1.24. The molecule has 2 rings (SSSR count). The van der Waals surface area contributed by atoms with Crippen molar-refractivity contribution in [2.75, 3.05) is 26.0 Å². The first-order valence-electron chi connectivity index (χ1n) is 6.46. The highest BCUT2D eigenvalue weighted by atomic mass is 32.2. The van der Waals surface area contributed by atoms with Gasteiger partial charge in [-0.15, -0.1) is 11.3 Å². The molecule has 1 N–H and O–H groups in total. The van der Waals surface area contributed by atoms with Gasteiger partial charge in [-0.3, -0.25) is 14.2 Å². The Kier molecular flexibility index (Phi) is 5.77. The van der Waals surface area contributed by atoms with Crippen molar-refractivity contribution in [3.63, 3.8) is 0 Å². The van der Waals surface area contributed by atoms with Crippen molar-refractivity contribution in [2.24, 2.45) is 7.05 Å². The summed E-state index contributed by atoms with van der Waals surface area (Å²) in [6, 6.07) is 1.82. The predicted molar refractivity (Wildman–Crippen MR) is 85.1 cm³/mol. The van der Waals surface area contributed by atoms with Crippen molar-refractivity contribution in [3.05, 3.63) is 21.8 Å². The normalized spacial score (nSPS) is 11.0. The number of nitrogens with zero attached hydrogens (tertiary/aromatic N) is 2. The highest BCUT2D eigenvalue weighted by Crippen LogP contribution is 2.19. The molecule has 2 heterocycles. The van der Waals surface area contributed by atoms with Crippen molar-refractivity contribution in [2.45, 2.75) is 11.6 Å². The molecule has 0 fully saturated rings. The fourth-order valence-electron chi connectivity index (χ4n) is 1.72. The van der Waals surface area contributed by atoms with Crippen LogP contribution in [0.25, 0.3) is 10.2 Å². The third kappa shape index (κ3) is 4.05. The van der Waals surface area contributed by atoms with E-state index >= 15 is 0 Å². The highest BCUT2D eigenvalue weighted by Gasteiger charge is 2.11. The van der Waals surface area contributed by atoms with Gasteiger partial charge >= 0.3 is 0 Å². The number of amides is 1. The third-order valence-electron chi connectivity index (χ3n) is 2.83. The van der Waals surface area contributed by atoms with Gasteiger partial charge in [0, 0.05) is 27.3 Å². The Morgan fingerprint density at radius 3 is 3.14 bits per heavy atom. The van der Waals surface area contributed by atoms with Gasteiger partial charge in [0.2, 0.25) is 5.91 Å². The lowest BCUT2D eigenvalue weighted by Gasteiger charge is -2.07. The molecule has 1 amide bonds. The second-order valence-electron chi connectivity index (χ2n) is 4.38. The molecule has 2 aromatic heterocycles. The molecule has 0 aliphatic carbocycles. The summed E-state index contributed by atoms with van der Waals surface area (Å²) in [5, 5.41) is 5.20. The number of hydrogen-bond acceptors (Lipinski definition) is 6. The Balaban J connectivity index is 1.95.